The van der Waals surface area contributed by atoms with E-state index in [-0.39, 0.29) is 12.3 Å². The van der Waals surface area contributed by atoms with Crippen LogP contribution in [0.2, 0.25) is 5.02 Å². The molecule has 0 unspecified atom stereocenters. The van der Waals surface area contributed by atoms with Crippen molar-refractivity contribution in [3.63, 3.8) is 0 Å². The van der Waals surface area contributed by atoms with Crippen LogP contribution in [-0.2, 0) is 13.7 Å². The smallest absolute Gasteiger partial charge is 0.368 e. The summed E-state index contributed by atoms with van der Waals surface area (Å²) in [6, 6.07) is 12.4. The molecule has 1 heterocycles. The van der Waals surface area contributed by atoms with E-state index in [1.165, 1.54) is 11.7 Å². The van der Waals surface area contributed by atoms with Gasteiger partial charge in [0, 0.05) is 17.6 Å². The van der Waals surface area contributed by atoms with Crippen LogP contribution in [0.3, 0.4) is 0 Å². The second-order valence-corrected chi connectivity index (χ2v) is 5.82. The highest BCUT2D eigenvalue weighted by Crippen LogP contribution is 2.26. The highest BCUT2D eigenvalue weighted by atomic mass is 35.5. The molecule has 1 aromatic heterocycles. The number of aryl methyl sites for hydroxylation is 2. The maximum Gasteiger partial charge on any atom is 0.368 e. The van der Waals surface area contributed by atoms with Crippen LogP contribution < -0.4 is 10.4 Å². The molecule has 0 radical (unpaired) electrons. The first-order chi connectivity index (χ1) is 12.0. The molecule has 0 aliphatic heterocycles. The molecule has 0 atom stereocenters. The van der Waals surface area contributed by atoms with Crippen LogP contribution in [0.15, 0.2) is 41.2 Å². The number of aromatic nitrogens is 4. The van der Waals surface area contributed by atoms with Gasteiger partial charge in [-0.1, -0.05) is 23.7 Å². The van der Waals surface area contributed by atoms with E-state index in [9.17, 15) is 4.79 Å². The fourth-order valence-electron chi connectivity index (χ4n) is 2.33. The average molecular weight is 356 g/mol. The zero-order valence-electron chi connectivity index (χ0n) is 13.6. The highest BCUT2D eigenvalue weighted by molar-refractivity contribution is 6.31. The summed E-state index contributed by atoms with van der Waals surface area (Å²) in [6.07, 6.45) is 0. The summed E-state index contributed by atoms with van der Waals surface area (Å²) in [7, 11) is 1.52. The van der Waals surface area contributed by atoms with Crippen molar-refractivity contribution in [1.29, 1.82) is 5.26 Å². The van der Waals surface area contributed by atoms with E-state index in [1.807, 2.05) is 13.0 Å². The normalized spacial score (nSPS) is 10.5. The second-order valence-electron chi connectivity index (χ2n) is 5.42. The maximum absolute atomic E-state index is 12.1. The van der Waals surface area contributed by atoms with Gasteiger partial charge in [-0.15, -0.1) is 0 Å². The third-order valence-corrected chi connectivity index (χ3v) is 4.09. The molecule has 0 saturated heterocycles. The van der Waals surface area contributed by atoms with Gasteiger partial charge in [0.25, 0.3) is 0 Å². The summed E-state index contributed by atoms with van der Waals surface area (Å²) >= 11 is 6.30. The van der Waals surface area contributed by atoms with Gasteiger partial charge in [0.2, 0.25) is 0 Å². The number of nitrogens with zero attached hydrogens (tertiary/aromatic N) is 5. The number of hydrogen-bond donors (Lipinski definition) is 0. The van der Waals surface area contributed by atoms with Crippen molar-refractivity contribution >= 4 is 11.6 Å². The van der Waals surface area contributed by atoms with E-state index in [1.54, 1.807) is 30.3 Å². The number of nitriles is 1. The lowest BCUT2D eigenvalue weighted by Gasteiger charge is -2.13. The number of halogens is 1. The Morgan fingerprint density at radius 2 is 2.08 bits per heavy atom. The van der Waals surface area contributed by atoms with Crippen LogP contribution in [0.1, 0.15) is 16.7 Å². The molecule has 0 bridgehead atoms. The van der Waals surface area contributed by atoms with E-state index < -0.39 is 0 Å². The molecule has 8 heteroatoms. The minimum Gasteiger partial charge on any atom is -0.488 e. The zero-order chi connectivity index (χ0) is 18.0. The number of benzene rings is 2. The molecule has 3 rings (SSSR count). The monoisotopic (exact) mass is 355 g/mol. The fraction of sp³-hybridized carbons (Fsp3) is 0.176. The summed E-state index contributed by atoms with van der Waals surface area (Å²) in [5.41, 5.74) is 2.12. The van der Waals surface area contributed by atoms with Gasteiger partial charge in [0.05, 0.1) is 17.3 Å². The van der Waals surface area contributed by atoms with Crippen molar-refractivity contribution in [3.05, 3.63) is 68.6 Å². The van der Waals surface area contributed by atoms with Gasteiger partial charge in [-0.3, -0.25) is 0 Å². The van der Waals surface area contributed by atoms with E-state index in [2.05, 4.69) is 16.5 Å². The Morgan fingerprint density at radius 3 is 2.76 bits per heavy atom. The lowest BCUT2D eigenvalue weighted by atomic mass is 10.1. The Morgan fingerprint density at radius 1 is 1.28 bits per heavy atom. The molecular weight excluding hydrogens is 342 g/mol. The summed E-state index contributed by atoms with van der Waals surface area (Å²) < 4.78 is 8.15. The molecule has 7 nitrogen and oxygen atoms in total. The van der Waals surface area contributed by atoms with E-state index in [4.69, 9.17) is 21.6 Å². The van der Waals surface area contributed by atoms with E-state index >= 15 is 0 Å². The number of tetrazole rings is 1. The third kappa shape index (κ3) is 3.25. The van der Waals surface area contributed by atoms with Gasteiger partial charge in [-0.25, -0.2) is 4.79 Å². The first-order valence-electron chi connectivity index (χ1n) is 7.41. The van der Waals surface area contributed by atoms with Gasteiger partial charge in [0.1, 0.15) is 12.4 Å². The molecule has 126 valence electrons. The predicted octanol–water partition coefficient (Wildman–Crippen LogP) is 2.38. The van der Waals surface area contributed by atoms with Crippen molar-refractivity contribution in [2.24, 2.45) is 7.05 Å². The second kappa shape index (κ2) is 6.79. The minimum absolute atomic E-state index is 0.119. The highest BCUT2D eigenvalue weighted by Gasteiger charge is 2.15. The Kier molecular flexibility index (Phi) is 4.55. The van der Waals surface area contributed by atoms with Gasteiger partial charge >= 0.3 is 5.69 Å². The molecule has 0 spiro atoms. The van der Waals surface area contributed by atoms with Crippen LogP contribution >= 0.6 is 11.6 Å². The molecular formula is C17H14ClN5O2. The van der Waals surface area contributed by atoms with Crippen molar-refractivity contribution in [3.8, 4) is 17.5 Å². The van der Waals surface area contributed by atoms with Crippen LogP contribution in [-0.4, -0.2) is 19.8 Å². The van der Waals surface area contributed by atoms with Crippen LogP contribution in [0, 0.1) is 18.3 Å². The molecule has 0 amide bonds. The lowest BCUT2D eigenvalue weighted by Crippen LogP contribution is -2.23. The lowest BCUT2D eigenvalue weighted by molar-refractivity contribution is 0.303. The van der Waals surface area contributed by atoms with E-state index in [0.29, 0.717) is 27.6 Å². The maximum atomic E-state index is 12.1. The summed E-state index contributed by atoms with van der Waals surface area (Å²) in [5.74, 6) is 0.580. The third-order valence-electron chi connectivity index (χ3n) is 3.73. The Balaban J connectivity index is 1.98. The number of rotatable bonds is 4. The SMILES string of the molecule is Cc1ccc(C#N)cc1OCc1c(Cl)cccc1-n1nnn(C)c1=O. The Hall–Kier alpha value is -3.11. The average Bonchev–Trinajstić information content (AvgIpc) is 2.94. The van der Waals surface area contributed by atoms with E-state index in [0.717, 1.165) is 10.2 Å². The molecule has 25 heavy (non-hydrogen) atoms. The number of hydrogen-bond acceptors (Lipinski definition) is 5. The Bertz CT molecular complexity index is 1030. The molecule has 0 N–H and O–H groups in total. The first-order valence-corrected chi connectivity index (χ1v) is 7.79. The van der Waals surface area contributed by atoms with Gasteiger partial charge in [-0.05, 0) is 47.2 Å². The minimum atomic E-state index is -0.383. The van der Waals surface area contributed by atoms with Crippen molar-refractivity contribution in [1.82, 2.24) is 19.8 Å². The topological polar surface area (TPSA) is 85.7 Å². The number of ether oxygens (including phenoxy) is 1. The van der Waals surface area contributed by atoms with Gasteiger partial charge in [-0.2, -0.15) is 14.6 Å². The first kappa shape index (κ1) is 16.7. The zero-order valence-corrected chi connectivity index (χ0v) is 14.4. The molecule has 0 aliphatic carbocycles. The summed E-state index contributed by atoms with van der Waals surface area (Å²) in [5, 5.41) is 17.0. The van der Waals surface area contributed by atoms with Gasteiger partial charge < -0.3 is 4.74 Å². The fourth-order valence-corrected chi connectivity index (χ4v) is 2.55. The standard InChI is InChI=1S/C17H14ClN5O2/c1-11-6-7-12(9-19)8-16(11)25-10-13-14(18)4-3-5-15(13)23-17(24)22(2)20-21-23/h3-8H,10H2,1-2H3. The van der Waals surface area contributed by atoms with Gasteiger partial charge in [0.15, 0.2) is 0 Å². The molecule has 0 fully saturated rings. The van der Waals surface area contributed by atoms with Crippen molar-refractivity contribution < 1.29 is 4.74 Å². The summed E-state index contributed by atoms with van der Waals surface area (Å²) in [4.78, 5) is 12.1. The quantitative estimate of drug-likeness (QED) is 0.717. The van der Waals surface area contributed by atoms with Crippen LogP contribution in [0.4, 0.5) is 0 Å². The molecule has 2 aromatic carbocycles. The largest absolute Gasteiger partial charge is 0.488 e. The molecule has 0 saturated carbocycles. The van der Waals surface area contributed by atoms with Crippen molar-refractivity contribution in [2.45, 2.75) is 13.5 Å². The van der Waals surface area contributed by atoms with Crippen LogP contribution in [0.5, 0.6) is 5.75 Å². The molecule has 3 aromatic rings. The van der Waals surface area contributed by atoms with Crippen LogP contribution in [0.25, 0.3) is 5.69 Å². The summed E-state index contributed by atoms with van der Waals surface area (Å²) in [6.45, 7) is 2.00. The van der Waals surface area contributed by atoms with Crippen molar-refractivity contribution in [2.75, 3.05) is 0 Å². The predicted molar refractivity (Wildman–Crippen MR) is 91.8 cm³/mol. The Labute approximate surface area is 148 Å². The molecule has 0 aliphatic rings.